The number of ether oxygens (including phenoxy) is 2. The Morgan fingerprint density at radius 1 is 1.25 bits per heavy atom. The maximum atomic E-state index is 11.2. The highest BCUT2D eigenvalue weighted by molar-refractivity contribution is 5.72. The number of carbonyl (C=O) groups excluding carboxylic acids is 2. The number of carbonyl (C=O) groups is 2. The number of hydrogen-bond donors (Lipinski definition) is 0. The molecule has 0 aromatic carbocycles. The molecular weight excluding hydrogens is 210 g/mol. The summed E-state index contributed by atoms with van der Waals surface area (Å²) in [4.78, 5) is 24.2. The van der Waals surface area contributed by atoms with Crippen molar-refractivity contribution < 1.29 is 19.1 Å². The summed E-state index contributed by atoms with van der Waals surface area (Å²) in [6.07, 6.45) is 0.345. The van der Waals surface area contributed by atoms with Crippen LogP contribution < -0.4 is 0 Å². The lowest BCUT2D eigenvalue weighted by Crippen LogP contribution is -2.34. The van der Waals surface area contributed by atoms with Gasteiger partial charge in [0.05, 0.1) is 26.6 Å². The van der Waals surface area contributed by atoms with Gasteiger partial charge in [0.15, 0.2) is 0 Å². The van der Waals surface area contributed by atoms with Crippen LogP contribution in [0.3, 0.4) is 0 Å². The molecule has 0 saturated heterocycles. The largest absolute Gasteiger partial charge is 0.469 e. The minimum atomic E-state index is -0.232. The SMILES string of the molecule is CCN(CCC(=O)OC)CC(C)C(=O)OC. The third-order valence-corrected chi connectivity index (χ3v) is 2.44. The molecule has 94 valence electrons. The Bertz CT molecular complexity index is 230. The van der Waals surface area contributed by atoms with Crippen LogP contribution in [0.2, 0.25) is 0 Å². The normalized spacial score (nSPS) is 12.3. The van der Waals surface area contributed by atoms with Gasteiger partial charge in [0.25, 0.3) is 0 Å². The summed E-state index contributed by atoms with van der Waals surface area (Å²) in [6.45, 7) is 5.79. The average Bonchev–Trinajstić information content (AvgIpc) is 2.32. The summed E-state index contributed by atoms with van der Waals surface area (Å²) >= 11 is 0. The van der Waals surface area contributed by atoms with Crippen molar-refractivity contribution in [3.63, 3.8) is 0 Å². The molecule has 1 atom stereocenters. The van der Waals surface area contributed by atoms with Crippen LogP contribution in [-0.4, -0.2) is 50.7 Å². The van der Waals surface area contributed by atoms with Crippen molar-refractivity contribution in [2.24, 2.45) is 5.92 Å². The molecule has 1 unspecified atom stereocenters. The highest BCUT2D eigenvalue weighted by Crippen LogP contribution is 2.03. The van der Waals surface area contributed by atoms with Gasteiger partial charge in [0, 0.05) is 13.1 Å². The van der Waals surface area contributed by atoms with Crippen LogP contribution in [0.25, 0.3) is 0 Å². The standard InChI is InChI=1S/C11H21NO4/c1-5-12(7-6-10(13)15-3)8-9(2)11(14)16-4/h9H,5-8H2,1-4H3. The monoisotopic (exact) mass is 231 g/mol. The Labute approximate surface area is 96.7 Å². The number of hydrogen-bond acceptors (Lipinski definition) is 5. The molecule has 0 saturated carbocycles. The lowest BCUT2D eigenvalue weighted by atomic mass is 10.1. The zero-order valence-electron chi connectivity index (χ0n) is 10.5. The van der Waals surface area contributed by atoms with E-state index in [-0.39, 0.29) is 17.9 Å². The van der Waals surface area contributed by atoms with Gasteiger partial charge in [-0.2, -0.15) is 0 Å². The van der Waals surface area contributed by atoms with Crippen LogP contribution in [0.5, 0.6) is 0 Å². The molecule has 0 rings (SSSR count). The Kier molecular flexibility index (Phi) is 7.54. The van der Waals surface area contributed by atoms with E-state index in [1.807, 2.05) is 18.7 Å². The first kappa shape index (κ1) is 14.9. The smallest absolute Gasteiger partial charge is 0.309 e. The van der Waals surface area contributed by atoms with Crippen molar-refractivity contribution in [2.45, 2.75) is 20.3 Å². The lowest BCUT2D eigenvalue weighted by molar-refractivity contribution is -0.145. The van der Waals surface area contributed by atoms with Crippen molar-refractivity contribution in [2.75, 3.05) is 33.9 Å². The molecule has 0 radical (unpaired) electrons. The van der Waals surface area contributed by atoms with Crippen molar-refractivity contribution in [1.82, 2.24) is 4.90 Å². The molecule has 16 heavy (non-hydrogen) atoms. The van der Waals surface area contributed by atoms with E-state index in [9.17, 15) is 9.59 Å². The van der Waals surface area contributed by atoms with E-state index in [0.717, 1.165) is 6.54 Å². The molecule has 0 aromatic heterocycles. The summed E-state index contributed by atoms with van der Waals surface area (Å²) in [5.74, 6) is -0.636. The zero-order chi connectivity index (χ0) is 12.6. The van der Waals surface area contributed by atoms with Crippen LogP contribution >= 0.6 is 0 Å². The number of nitrogens with zero attached hydrogens (tertiary/aromatic N) is 1. The molecule has 0 N–H and O–H groups in total. The van der Waals surface area contributed by atoms with Gasteiger partial charge >= 0.3 is 11.9 Å². The highest BCUT2D eigenvalue weighted by Gasteiger charge is 2.17. The van der Waals surface area contributed by atoms with Crippen molar-refractivity contribution >= 4 is 11.9 Å². The number of esters is 2. The van der Waals surface area contributed by atoms with Crippen LogP contribution in [0.15, 0.2) is 0 Å². The van der Waals surface area contributed by atoms with Gasteiger partial charge in [-0.05, 0) is 6.54 Å². The van der Waals surface area contributed by atoms with Gasteiger partial charge in [-0.25, -0.2) is 0 Å². The first-order valence-corrected chi connectivity index (χ1v) is 5.42. The van der Waals surface area contributed by atoms with Gasteiger partial charge < -0.3 is 14.4 Å². The summed E-state index contributed by atoms with van der Waals surface area (Å²) in [6, 6.07) is 0. The molecule has 0 amide bonds. The molecule has 5 nitrogen and oxygen atoms in total. The van der Waals surface area contributed by atoms with Crippen LogP contribution in [-0.2, 0) is 19.1 Å². The van der Waals surface area contributed by atoms with E-state index in [1.54, 1.807) is 0 Å². The predicted molar refractivity (Wildman–Crippen MR) is 59.9 cm³/mol. The Hall–Kier alpha value is -1.10. The molecule has 0 heterocycles. The summed E-state index contributed by atoms with van der Waals surface area (Å²) in [7, 11) is 2.75. The molecule has 0 spiro atoms. The fraction of sp³-hybridized carbons (Fsp3) is 0.818. The molecular formula is C11H21NO4. The van der Waals surface area contributed by atoms with E-state index < -0.39 is 0 Å². The molecule has 0 aliphatic carbocycles. The topological polar surface area (TPSA) is 55.8 Å². The van der Waals surface area contributed by atoms with E-state index in [0.29, 0.717) is 19.5 Å². The zero-order valence-corrected chi connectivity index (χ0v) is 10.5. The molecule has 0 bridgehead atoms. The van der Waals surface area contributed by atoms with E-state index >= 15 is 0 Å². The fourth-order valence-corrected chi connectivity index (χ4v) is 1.39. The second kappa shape index (κ2) is 8.10. The van der Waals surface area contributed by atoms with Crippen molar-refractivity contribution in [3.05, 3.63) is 0 Å². The maximum absolute atomic E-state index is 11.2. The fourth-order valence-electron chi connectivity index (χ4n) is 1.39. The first-order valence-electron chi connectivity index (χ1n) is 5.42. The van der Waals surface area contributed by atoms with Crippen LogP contribution in [0.1, 0.15) is 20.3 Å². The quantitative estimate of drug-likeness (QED) is 0.603. The summed E-state index contributed by atoms with van der Waals surface area (Å²) in [5.41, 5.74) is 0. The molecule has 5 heteroatoms. The Morgan fingerprint density at radius 2 is 1.88 bits per heavy atom. The van der Waals surface area contributed by atoms with Crippen LogP contribution in [0.4, 0.5) is 0 Å². The van der Waals surface area contributed by atoms with E-state index in [2.05, 4.69) is 9.47 Å². The summed E-state index contributed by atoms with van der Waals surface area (Å²) < 4.78 is 9.21. The van der Waals surface area contributed by atoms with Gasteiger partial charge in [-0.15, -0.1) is 0 Å². The van der Waals surface area contributed by atoms with Crippen LogP contribution in [0, 0.1) is 5.92 Å². The Morgan fingerprint density at radius 3 is 2.31 bits per heavy atom. The van der Waals surface area contributed by atoms with Gasteiger partial charge in [0.2, 0.25) is 0 Å². The Balaban J connectivity index is 4.00. The predicted octanol–water partition coefficient (Wildman–Crippen LogP) is 0.680. The van der Waals surface area contributed by atoms with Crippen molar-refractivity contribution in [3.8, 4) is 0 Å². The minimum absolute atomic E-state index is 0.178. The molecule has 0 aromatic rings. The third kappa shape index (κ3) is 5.70. The first-order chi connectivity index (χ1) is 7.54. The second-order valence-corrected chi connectivity index (χ2v) is 3.64. The van der Waals surface area contributed by atoms with Gasteiger partial charge in [-0.1, -0.05) is 13.8 Å². The molecule has 0 aliphatic rings. The number of rotatable bonds is 7. The van der Waals surface area contributed by atoms with Gasteiger partial charge in [-0.3, -0.25) is 9.59 Å². The lowest BCUT2D eigenvalue weighted by Gasteiger charge is -2.22. The van der Waals surface area contributed by atoms with Crippen molar-refractivity contribution in [1.29, 1.82) is 0 Å². The average molecular weight is 231 g/mol. The molecule has 0 aliphatic heterocycles. The minimum Gasteiger partial charge on any atom is -0.469 e. The maximum Gasteiger partial charge on any atom is 0.309 e. The van der Waals surface area contributed by atoms with Gasteiger partial charge in [0.1, 0.15) is 0 Å². The third-order valence-electron chi connectivity index (χ3n) is 2.44. The summed E-state index contributed by atoms with van der Waals surface area (Å²) in [5, 5.41) is 0. The van der Waals surface area contributed by atoms with E-state index in [4.69, 9.17) is 0 Å². The molecule has 0 fully saturated rings. The number of methoxy groups -OCH3 is 2. The second-order valence-electron chi connectivity index (χ2n) is 3.64. The van der Waals surface area contributed by atoms with E-state index in [1.165, 1.54) is 14.2 Å². The highest BCUT2D eigenvalue weighted by atomic mass is 16.5.